The summed E-state index contributed by atoms with van der Waals surface area (Å²) in [5.74, 6) is -0.196. The van der Waals surface area contributed by atoms with Crippen molar-refractivity contribution in [2.24, 2.45) is 17.6 Å². The van der Waals surface area contributed by atoms with Crippen molar-refractivity contribution >= 4 is 55.9 Å². The zero-order chi connectivity index (χ0) is 44.1. The molecule has 1 saturated heterocycles. The first-order valence-electron chi connectivity index (χ1n) is 20.1. The van der Waals surface area contributed by atoms with E-state index in [2.05, 4.69) is 46.9 Å². The molecule has 2 aliphatic rings. The Morgan fingerprint density at radius 3 is 2.48 bits per heavy atom. The first-order chi connectivity index (χ1) is 28.5. The van der Waals surface area contributed by atoms with Gasteiger partial charge in [0, 0.05) is 54.6 Å². The third-order valence-electron chi connectivity index (χ3n) is 10.2. The van der Waals surface area contributed by atoms with Gasteiger partial charge in [-0.2, -0.15) is 12.7 Å². The molecule has 60 heavy (non-hydrogen) atoms. The van der Waals surface area contributed by atoms with Crippen molar-refractivity contribution in [3.63, 3.8) is 0 Å². The van der Waals surface area contributed by atoms with Gasteiger partial charge in [0.25, 0.3) is 0 Å². The maximum Gasteiger partial charge on any atom is 0.303 e. The number of nitrogens with one attached hydrogen (secondary N) is 3. The summed E-state index contributed by atoms with van der Waals surface area (Å²) in [7, 11) is 0.775. The summed E-state index contributed by atoms with van der Waals surface area (Å²) in [4.78, 5) is 56.7. The molecule has 3 heterocycles. The summed E-state index contributed by atoms with van der Waals surface area (Å²) in [5.41, 5.74) is 9.45. The quantitative estimate of drug-likeness (QED) is 0.0763. The Balaban J connectivity index is 0.000000199. The van der Waals surface area contributed by atoms with Gasteiger partial charge in [-0.1, -0.05) is 45.8 Å². The summed E-state index contributed by atoms with van der Waals surface area (Å²) in [6, 6.07) is 10.5. The van der Waals surface area contributed by atoms with Crippen LogP contribution in [0.25, 0.3) is 21.6 Å². The van der Waals surface area contributed by atoms with E-state index in [0.29, 0.717) is 30.0 Å². The maximum atomic E-state index is 12.7. The number of fused-ring (bicyclic) bond motifs is 1. The molecule has 1 aliphatic carbocycles. The summed E-state index contributed by atoms with van der Waals surface area (Å²) in [6.07, 6.45) is 10.9. The van der Waals surface area contributed by atoms with Gasteiger partial charge in [-0.15, -0.1) is 11.3 Å². The SMILES string of the molecule is CCCCC/C=C\C1CC1C(=O)NS(=O)(=O)N(C)C.COc1ccc2c(=O)cc(-c3nc(C(C)C)cs3)[nH]c2c1C.NC(=O)C1CCCN1C(=O)CNc1ccc(F)cc1. The number of aromatic nitrogens is 2. The number of amides is 3. The number of benzene rings is 2. The van der Waals surface area contributed by atoms with Crippen LogP contribution in [0.15, 0.2) is 64.8 Å². The molecule has 0 spiro atoms. The predicted octanol–water partition coefficient (Wildman–Crippen LogP) is 6.49. The number of H-pyrrole nitrogens is 1. The summed E-state index contributed by atoms with van der Waals surface area (Å²) < 4.78 is 44.1. The van der Waals surface area contributed by atoms with Crippen molar-refractivity contribution in [2.45, 2.75) is 84.6 Å². The van der Waals surface area contributed by atoms with Crippen molar-refractivity contribution in [3.8, 4) is 16.5 Å². The lowest BCUT2D eigenvalue weighted by Gasteiger charge is -2.22. The number of nitrogens with zero attached hydrogens (tertiary/aromatic N) is 3. The van der Waals surface area contributed by atoms with Gasteiger partial charge in [-0.05, 0) is 87.3 Å². The van der Waals surface area contributed by atoms with Crippen molar-refractivity contribution in [2.75, 3.05) is 39.6 Å². The number of ether oxygens (including phenoxy) is 1. The number of aryl methyl sites for hydroxylation is 1. The van der Waals surface area contributed by atoms with Crippen LogP contribution < -0.4 is 25.9 Å². The minimum atomic E-state index is -3.65. The first kappa shape index (κ1) is 47.5. The lowest BCUT2D eigenvalue weighted by Crippen LogP contribution is -2.45. The van der Waals surface area contributed by atoms with Crippen molar-refractivity contribution in [1.82, 2.24) is 23.9 Å². The molecule has 326 valence electrons. The first-order valence-corrected chi connectivity index (χ1v) is 22.4. The number of pyridine rings is 1. The van der Waals surface area contributed by atoms with Crippen LogP contribution in [0.2, 0.25) is 0 Å². The Labute approximate surface area is 356 Å². The Kier molecular flexibility index (Phi) is 17.4. The molecule has 3 amide bonds. The van der Waals surface area contributed by atoms with Crippen LogP contribution >= 0.6 is 11.3 Å². The number of nitrogens with two attached hydrogens (primary N) is 1. The summed E-state index contributed by atoms with van der Waals surface area (Å²) >= 11 is 1.55. The zero-order valence-electron chi connectivity index (χ0n) is 35.4. The number of unbranched alkanes of at least 4 members (excludes halogenated alkanes) is 3. The van der Waals surface area contributed by atoms with Gasteiger partial charge < -0.3 is 25.7 Å². The predicted molar refractivity (Wildman–Crippen MR) is 236 cm³/mol. The normalized spacial score (nSPS) is 17.2. The van der Waals surface area contributed by atoms with Gasteiger partial charge in [0.2, 0.25) is 17.7 Å². The van der Waals surface area contributed by atoms with E-state index < -0.39 is 28.1 Å². The number of rotatable bonds is 15. The molecule has 1 aliphatic heterocycles. The number of hydrogen-bond donors (Lipinski definition) is 4. The number of aromatic amines is 1. The topological polar surface area (TPSA) is 197 Å². The number of thiazole rings is 1. The lowest BCUT2D eigenvalue weighted by atomic mass is 10.1. The van der Waals surface area contributed by atoms with Crippen LogP contribution in [-0.2, 0) is 24.6 Å². The number of anilines is 1. The second kappa shape index (κ2) is 21.9. The second-order valence-electron chi connectivity index (χ2n) is 15.3. The van der Waals surface area contributed by atoms with Gasteiger partial charge in [0.15, 0.2) is 5.43 Å². The lowest BCUT2D eigenvalue weighted by molar-refractivity contribution is -0.135. The highest BCUT2D eigenvalue weighted by atomic mass is 32.2. The van der Waals surface area contributed by atoms with Gasteiger partial charge in [0.1, 0.15) is 22.6 Å². The average Bonchev–Trinajstić information content (AvgIpc) is 3.54. The molecule has 0 radical (unpaired) electrons. The number of likely N-dealkylation sites (tertiary alicyclic amines) is 1. The van der Waals surface area contributed by atoms with Gasteiger partial charge >= 0.3 is 10.2 Å². The number of halogens is 1. The number of hydrogen-bond acceptors (Lipinski definition) is 10. The molecular formula is C43H58FN7O7S2. The molecule has 1 saturated carbocycles. The number of primary amides is 1. The van der Waals surface area contributed by atoms with Crippen molar-refractivity contribution in [1.29, 1.82) is 0 Å². The second-order valence-corrected chi connectivity index (χ2v) is 18.0. The Morgan fingerprint density at radius 1 is 1.15 bits per heavy atom. The molecule has 14 nitrogen and oxygen atoms in total. The van der Waals surface area contributed by atoms with E-state index in [-0.39, 0.29) is 35.5 Å². The highest BCUT2D eigenvalue weighted by Gasteiger charge is 2.42. The highest BCUT2D eigenvalue weighted by molar-refractivity contribution is 7.87. The van der Waals surface area contributed by atoms with Gasteiger partial charge in [-0.25, -0.2) is 14.1 Å². The monoisotopic (exact) mass is 867 g/mol. The molecule has 5 N–H and O–H groups in total. The third-order valence-corrected chi connectivity index (χ3v) is 12.5. The molecule has 2 aromatic carbocycles. The van der Waals surface area contributed by atoms with Crippen LogP contribution in [0, 0.1) is 24.6 Å². The molecule has 3 unspecified atom stereocenters. The molecular weight excluding hydrogens is 810 g/mol. The van der Waals surface area contributed by atoms with E-state index in [1.807, 2.05) is 24.4 Å². The number of carbonyl (C=O) groups is 3. The smallest absolute Gasteiger partial charge is 0.303 e. The van der Waals surface area contributed by atoms with E-state index in [1.165, 1.54) is 50.4 Å². The fraction of sp³-hybridized carbons (Fsp3) is 0.465. The minimum absolute atomic E-state index is 0.00389. The standard InChI is InChI=1S/C17H18N2O2S.C13H16FN3O2.C13H24N2O3S/c1-9(2)13-8-22-17(19-13)12-7-14(20)11-5-6-15(21-4)10(3)16(11)18-12;14-9-3-5-10(6-4-9)16-8-12(18)17-7-1-2-11(17)13(15)19;1-4-5-6-7-8-9-11-10-12(11)13(16)14-19(17,18)15(2)3/h5-9H,1-4H3,(H,18,20);3-6,11,16H,1-2,7-8H2,(H2,15,19);8-9,11-12H,4-7,10H2,1-3H3,(H,14,16)/b;;9-8-. The summed E-state index contributed by atoms with van der Waals surface area (Å²) in [5, 5.41) is 6.45. The van der Waals surface area contributed by atoms with Crippen LogP contribution in [0.5, 0.6) is 5.75 Å². The fourth-order valence-electron chi connectivity index (χ4n) is 6.46. The van der Waals surface area contributed by atoms with Crippen molar-refractivity contribution in [3.05, 3.63) is 87.3 Å². The maximum absolute atomic E-state index is 12.7. The molecule has 2 fully saturated rings. The summed E-state index contributed by atoms with van der Waals surface area (Å²) in [6.45, 7) is 8.94. The highest BCUT2D eigenvalue weighted by Crippen LogP contribution is 2.40. The van der Waals surface area contributed by atoms with Gasteiger partial charge in [-0.3, -0.25) is 19.2 Å². The molecule has 6 rings (SSSR count). The molecule has 4 aromatic rings. The molecule has 2 aromatic heterocycles. The van der Waals surface area contributed by atoms with Gasteiger partial charge in [0.05, 0.1) is 30.6 Å². The van der Waals surface area contributed by atoms with E-state index in [1.54, 1.807) is 42.7 Å². The van der Waals surface area contributed by atoms with E-state index in [0.717, 1.165) is 56.8 Å². The largest absolute Gasteiger partial charge is 0.496 e. The van der Waals surface area contributed by atoms with E-state index in [4.69, 9.17) is 10.5 Å². The average molecular weight is 868 g/mol. The van der Waals surface area contributed by atoms with Crippen LogP contribution in [-0.4, -0.2) is 85.6 Å². The van der Waals surface area contributed by atoms with E-state index >= 15 is 0 Å². The van der Waals surface area contributed by atoms with E-state index in [9.17, 15) is 32.0 Å². The zero-order valence-corrected chi connectivity index (χ0v) is 37.1. The fourth-order valence-corrected chi connectivity index (χ4v) is 8.00. The minimum Gasteiger partial charge on any atom is -0.496 e. The van der Waals surface area contributed by atoms with Crippen molar-refractivity contribution < 1.29 is 31.9 Å². The number of methoxy groups -OCH3 is 1. The van der Waals surface area contributed by atoms with Crippen LogP contribution in [0.3, 0.4) is 0 Å². The molecule has 0 bridgehead atoms. The molecule has 3 atom stereocenters. The molecule has 17 heteroatoms. The number of carbonyl (C=O) groups excluding carboxylic acids is 3. The number of allylic oxidation sites excluding steroid dienone is 2. The Morgan fingerprint density at radius 2 is 1.87 bits per heavy atom. The third kappa shape index (κ3) is 13.2. The van der Waals surface area contributed by atoms with Crippen LogP contribution in [0.4, 0.5) is 10.1 Å². The Hall–Kier alpha value is -5.13. The Bertz CT molecular complexity index is 2290. The van der Waals surface area contributed by atoms with Crippen LogP contribution in [0.1, 0.15) is 82.9 Å².